The molecular weight excluding hydrogens is 326 g/mol. The molecule has 23 heavy (non-hydrogen) atoms. The SMILES string of the molecule is CC1=C(C(=O)Nc2ccc(C)cc2)[C@H](c2cccs2)NC(=S)N1. The van der Waals surface area contributed by atoms with Gasteiger partial charge in [0.15, 0.2) is 5.11 Å². The zero-order valence-electron chi connectivity index (χ0n) is 12.8. The van der Waals surface area contributed by atoms with Crippen molar-refractivity contribution in [3.8, 4) is 0 Å². The van der Waals surface area contributed by atoms with Gasteiger partial charge >= 0.3 is 0 Å². The van der Waals surface area contributed by atoms with Crippen LogP contribution in [0.25, 0.3) is 0 Å². The monoisotopic (exact) mass is 343 g/mol. The van der Waals surface area contributed by atoms with E-state index in [4.69, 9.17) is 12.2 Å². The molecule has 0 unspecified atom stereocenters. The molecule has 0 aliphatic carbocycles. The largest absolute Gasteiger partial charge is 0.350 e. The Morgan fingerprint density at radius 3 is 2.61 bits per heavy atom. The standard InChI is InChI=1S/C17H17N3OS2/c1-10-5-7-12(8-6-10)19-16(21)14-11(2)18-17(22)20-15(14)13-4-3-9-23-13/h3-9,15H,1-2H3,(H,19,21)(H2,18,20,22)/t15-/m0/s1. The molecule has 1 amide bonds. The minimum absolute atomic E-state index is 0.132. The first-order valence-corrected chi connectivity index (χ1v) is 8.53. The highest BCUT2D eigenvalue weighted by Crippen LogP contribution is 2.30. The fourth-order valence-electron chi connectivity index (χ4n) is 2.50. The van der Waals surface area contributed by atoms with Crippen molar-refractivity contribution in [2.45, 2.75) is 19.9 Å². The number of anilines is 1. The number of nitrogens with one attached hydrogen (secondary N) is 3. The maximum Gasteiger partial charge on any atom is 0.255 e. The number of thiophene rings is 1. The van der Waals surface area contributed by atoms with Crippen molar-refractivity contribution in [2.75, 3.05) is 5.32 Å². The van der Waals surface area contributed by atoms with E-state index in [0.717, 1.165) is 21.8 Å². The molecule has 0 saturated carbocycles. The van der Waals surface area contributed by atoms with Gasteiger partial charge in [-0.2, -0.15) is 0 Å². The number of rotatable bonds is 3. The van der Waals surface area contributed by atoms with Crippen molar-refractivity contribution >= 4 is 40.3 Å². The van der Waals surface area contributed by atoms with Gasteiger partial charge in [0, 0.05) is 16.3 Å². The van der Waals surface area contributed by atoms with Crippen molar-refractivity contribution < 1.29 is 4.79 Å². The Hall–Kier alpha value is -2.18. The lowest BCUT2D eigenvalue weighted by atomic mass is 10.0. The minimum atomic E-state index is -0.228. The molecule has 3 N–H and O–H groups in total. The van der Waals surface area contributed by atoms with E-state index in [0.29, 0.717) is 10.7 Å². The molecule has 6 heteroatoms. The van der Waals surface area contributed by atoms with Crippen molar-refractivity contribution in [1.29, 1.82) is 0 Å². The van der Waals surface area contributed by atoms with Gasteiger partial charge in [0.1, 0.15) is 0 Å². The third kappa shape index (κ3) is 3.43. The van der Waals surface area contributed by atoms with Crippen molar-refractivity contribution in [2.24, 2.45) is 0 Å². The predicted molar refractivity (Wildman–Crippen MR) is 98.4 cm³/mol. The Labute approximate surface area is 144 Å². The average molecular weight is 343 g/mol. The van der Waals surface area contributed by atoms with Crippen LogP contribution >= 0.6 is 23.6 Å². The van der Waals surface area contributed by atoms with E-state index in [9.17, 15) is 4.79 Å². The Morgan fingerprint density at radius 1 is 1.22 bits per heavy atom. The van der Waals surface area contributed by atoms with Gasteiger partial charge in [0.2, 0.25) is 0 Å². The Bertz CT molecular complexity index is 764. The van der Waals surface area contributed by atoms with E-state index >= 15 is 0 Å². The molecule has 0 spiro atoms. The molecule has 1 aliphatic rings. The van der Waals surface area contributed by atoms with E-state index < -0.39 is 0 Å². The van der Waals surface area contributed by atoms with Crippen LogP contribution in [0.15, 0.2) is 53.0 Å². The predicted octanol–water partition coefficient (Wildman–Crippen LogP) is 3.49. The van der Waals surface area contributed by atoms with Gasteiger partial charge in [-0.15, -0.1) is 11.3 Å². The molecule has 0 saturated heterocycles. The number of benzene rings is 1. The summed E-state index contributed by atoms with van der Waals surface area (Å²) in [6.07, 6.45) is 0. The third-order valence-corrected chi connectivity index (χ3v) is 4.81. The first-order chi connectivity index (χ1) is 11.0. The number of hydrogen-bond donors (Lipinski definition) is 3. The molecule has 4 nitrogen and oxygen atoms in total. The summed E-state index contributed by atoms with van der Waals surface area (Å²) in [4.78, 5) is 13.8. The third-order valence-electron chi connectivity index (χ3n) is 3.65. The van der Waals surface area contributed by atoms with Gasteiger partial charge in [-0.1, -0.05) is 23.8 Å². The van der Waals surface area contributed by atoms with Crippen LogP contribution in [0, 0.1) is 6.92 Å². The maximum absolute atomic E-state index is 12.8. The van der Waals surface area contributed by atoms with Crippen molar-refractivity contribution in [3.05, 3.63) is 63.5 Å². The van der Waals surface area contributed by atoms with Gasteiger partial charge in [0.25, 0.3) is 5.91 Å². The van der Waals surface area contributed by atoms with Gasteiger partial charge in [0.05, 0.1) is 11.6 Å². The Morgan fingerprint density at radius 2 is 1.96 bits per heavy atom. The van der Waals surface area contributed by atoms with Crippen LogP contribution in [0.3, 0.4) is 0 Å². The smallest absolute Gasteiger partial charge is 0.255 e. The summed E-state index contributed by atoms with van der Waals surface area (Å²) in [5.41, 5.74) is 3.36. The first-order valence-electron chi connectivity index (χ1n) is 7.24. The number of hydrogen-bond acceptors (Lipinski definition) is 3. The van der Waals surface area contributed by atoms with Crippen LogP contribution < -0.4 is 16.0 Å². The molecule has 3 rings (SSSR count). The maximum atomic E-state index is 12.8. The zero-order valence-corrected chi connectivity index (χ0v) is 14.5. The van der Waals surface area contributed by atoms with Gasteiger partial charge in [-0.25, -0.2) is 0 Å². The molecular formula is C17H17N3OS2. The van der Waals surface area contributed by atoms with Gasteiger partial charge < -0.3 is 16.0 Å². The summed E-state index contributed by atoms with van der Waals surface area (Å²) >= 11 is 6.83. The molecule has 1 atom stereocenters. The summed E-state index contributed by atoms with van der Waals surface area (Å²) in [7, 11) is 0. The lowest BCUT2D eigenvalue weighted by Gasteiger charge is -2.29. The van der Waals surface area contributed by atoms with Crippen LogP contribution in [-0.2, 0) is 4.79 Å². The second-order valence-electron chi connectivity index (χ2n) is 5.41. The van der Waals surface area contributed by atoms with Crippen LogP contribution in [0.2, 0.25) is 0 Å². The fraction of sp³-hybridized carbons (Fsp3) is 0.176. The lowest BCUT2D eigenvalue weighted by Crippen LogP contribution is -2.45. The summed E-state index contributed by atoms with van der Waals surface area (Å²) in [6, 6.07) is 11.5. The fourth-order valence-corrected chi connectivity index (χ4v) is 3.55. The second kappa shape index (κ2) is 6.52. The normalized spacial score (nSPS) is 17.5. The average Bonchev–Trinajstić information content (AvgIpc) is 3.03. The number of amides is 1. The Kier molecular flexibility index (Phi) is 4.45. The number of carbonyl (C=O) groups is 1. The molecule has 0 radical (unpaired) electrons. The summed E-state index contributed by atoms with van der Waals surface area (Å²) in [6.45, 7) is 3.89. The molecule has 1 aliphatic heterocycles. The van der Waals surface area contributed by atoms with Crippen LogP contribution in [0.4, 0.5) is 5.69 Å². The van der Waals surface area contributed by atoms with Gasteiger partial charge in [-0.3, -0.25) is 4.79 Å². The van der Waals surface area contributed by atoms with E-state index in [1.807, 2.05) is 55.6 Å². The number of thiocarbonyl (C=S) groups is 1. The van der Waals surface area contributed by atoms with Crippen LogP contribution in [0.1, 0.15) is 23.4 Å². The minimum Gasteiger partial charge on any atom is -0.350 e. The number of aryl methyl sites for hydroxylation is 1. The molecule has 2 heterocycles. The second-order valence-corrected chi connectivity index (χ2v) is 6.79. The molecule has 0 fully saturated rings. The lowest BCUT2D eigenvalue weighted by molar-refractivity contribution is -0.113. The van der Waals surface area contributed by atoms with Crippen LogP contribution in [0.5, 0.6) is 0 Å². The molecule has 0 bridgehead atoms. The van der Waals surface area contributed by atoms with E-state index in [-0.39, 0.29) is 11.9 Å². The molecule has 1 aromatic heterocycles. The topological polar surface area (TPSA) is 53.2 Å². The van der Waals surface area contributed by atoms with E-state index in [2.05, 4.69) is 16.0 Å². The van der Waals surface area contributed by atoms with Crippen LogP contribution in [-0.4, -0.2) is 11.0 Å². The summed E-state index contributed by atoms with van der Waals surface area (Å²) in [5, 5.41) is 11.7. The van der Waals surface area contributed by atoms with E-state index in [1.54, 1.807) is 11.3 Å². The molecule has 2 aromatic rings. The molecule has 1 aromatic carbocycles. The highest BCUT2D eigenvalue weighted by atomic mass is 32.1. The number of allylic oxidation sites excluding steroid dienone is 1. The quantitative estimate of drug-likeness (QED) is 0.747. The number of carbonyl (C=O) groups excluding carboxylic acids is 1. The van der Waals surface area contributed by atoms with Gasteiger partial charge in [-0.05, 0) is 49.6 Å². The zero-order chi connectivity index (χ0) is 16.4. The first kappa shape index (κ1) is 15.7. The highest BCUT2D eigenvalue weighted by Gasteiger charge is 2.30. The van der Waals surface area contributed by atoms with E-state index in [1.165, 1.54) is 0 Å². The van der Waals surface area contributed by atoms with Crippen molar-refractivity contribution in [1.82, 2.24) is 10.6 Å². The Balaban J connectivity index is 1.90. The molecule has 118 valence electrons. The van der Waals surface area contributed by atoms with Crippen molar-refractivity contribution in [3.63, 3.8) is 0 Å². The summed E-state index contributed by atoms with van der Waals surface area (Å²) in [5.74, 6) is -0.132. The summed E-state index contributed by atoms with van der Waals surface area (Å²) < 4.78 is 0. The highest BCUT2D eigenvalue weighted by molar-refractivity contribution is 7.80.